The van der Waals surface area contributed by atoms with Crippen LogP contribution in [0.5, 0.6) is 0 Å². The van der Waals surface area contributed by atoms with Gasteiger partial charge in [0.15, 0.2) is 0 Å². The summed E-state index contributed by atoms with van der Waals surface area (Å²) in [5.41, 5.74) is 0.665. The van der Waals surface area contributed by atoms with Crippen molar-refractivity contribution in [1.82, 2.24) is 4.90 Å². The molecule has 9 heteroatoms. The monoisotopic (exact) mass is 492 g/mol. The van der Waals surface area contributed by atoms with Crippen molar-refractivity contribution in [3.8, 4) is 0 Å². The van der Waals surface area contributed by atoms with E-state index in [4.69, 9.17) is 16.3 Å². The number of esters is 1. The molecule has 2 amide bonds. The highest BCUT2D eigenvalue weighted by molar-refractivity contribution is 8.02. The Balaban J connectivity index is 1.75. The SMILES string of the molecule is C=CCN(C(=O)C1N(CCCO)C(=O)[C@@H]2[C@@H](C(=O)OCC)[C@H]3CCC12S3)c1ccc(Cl)cc1. The summed E-state index contributed by atoms with van der Waals surface area (Å²) in [6.07, 6.45) is 3.46. The fourth-order valence-electron chi connectivity index (χ4n) is 5.64. The van der Waals surface area contributed by atoms with Gasteiger partial charge in [-0.3, -0.25) is 14.4 Å². The van der Waals surface area contributed by atoms with E-state index in [0.717, 1.165) is 6.42 Å². The summed E-state index contributed by atoms with van der Waals surface area (Å²) < 4.78 is 4.64. The normalized spacial score (nSPS) is 29.8. The summed E-state index contributed by atoms with van der Waals surface area (Å²) in [5, 5.41) is 9.97. The quantitative estimate of drug-likeness (QED) is 0.421. The van der Waals surface area contributed by atoms with Gasteiger partial charge in [0.1, 0.15) is 6.04 Å². The molecule has 2 unspecified atom stereocenters. The smallest absolute Gasteiger partial charge is 0.310 e. The van der Waals surface area contributed by atoms with E-state index in [0.29, 0.717) is 23.6 Å². The van der Waals surface area contributed by atoms with Gasteiger partial charge in [0.05, 0.1) is 23.2 Å². The molecule has 0 radical (unpaired) electrons. The molecule has 1 spiro atoms. The molecule has 1 N–H and O–H groups in total. The number of carbonyl (C=O) groups is 3. The lowest BCUT2D eigenvalue weighted by molar-refractivity contribution is -0.153. The standard InChI is InChI=1S/C24H29ClN2O5S/c1-3-12-26(16-8-6-15(25)7-9-16)22(30)20-24-11-10-17(33-24)18(23(31)32-4-2)19(24)21(29)27(20)13-5-14-28/h3,6-9,17-20,28H,1,4-5,10-14H2,2H3/t17-,18+,19+,20?,24?/m1/s1. The van der Waals surface area contributed by atoms with E-state index in [2.05, 4.69) is 6.58 Å². The predicted octanol–water partition coefficient (Wildman–Crippen LogP) is 2.90. The van der Waals surface area contributed by atoms with Crippen molar-refractivity contribution in [1.29, 1.82) is 0 Å². The van der Waals surface area contributed by atoms with Crippen molar-refractivity contribution in [2.75, 3.05) is 31.2 Å². The molecule has 4 rings (SSSR count). The van der Waals surface area contributed by atoms with E-state index >= 15 is 0 Å². The van der Waals surface area contributed by atoms with Crippen molar-refractivity contribution in [3.05, 3.63) is 41.9 Å². The molecule has 0 aromatic heterocycles. The Morgan fingerprint density at radius 3 is 2.76 bits per heavy atom. The molecule has 178 valence electrons. The summed E-state index contributed by atoms with van der Waals surface area (Å²) in [4.78, 5) is 43.9. The molecule has 7 nitrogen and oxygen atoms in total. The van der Waals surface area contributed by atoms with Crippen LogP contribution in [0.4, 0.5) is 5.69 Å². The van der Waals surface area contributed by atoms with Crippen LogP contribution in [-0.4, -0.2) is 70.1 Å². The first kappa shape index (κ1) is 24.1. The number of carbonyl (C=O) groups excluding carboxylic acids is 3. The topological polar surface area (TPSA) is 87.2 Å². The number of hydrogen-bond donors (Lipinski definition) is 1. The second-order valence-corrected chi connectivity index (χ2v) is 10.7. The Labute approximate surface area is 203 Å². The van der Waals surface area contributed by atoms with E-state index in [-0.39, 0.29) is 49.3 Å². The third-order valence-corrected chi connectivity index (χ3v) is 9.07. The second kappa shape index (κ2) is 9.68. The average Bonchev–Trinajstić information content (AvgIpc) is 3.44. The molecule has 0 aliphatic carbocycles. The van der Waals surface area contributed by atoms with Gasteiger partial charge in [0.25, 0.3) is 5.91 Å². The molecule has 1 aromatic rings. The number of hydrogen-bond acceptors (Lipinski definition) is 6. The molecule has 5 atom stereocenters. The number of ether oxygens (including phenoxy) is 1. The molecule has 2 bridgehead atoms. The minimum absolute atomic E-state index is 0.0309. The van der Waals surface area contributed by atoms with Crippen LogP contribution in [0, 0.1) is 11.8 Å². The molecule has 1 aromatic carbocycles. The number of amides is 2. The Hall–Kier alpha value is -2.03. The largest absolute Gasteiger partial charge is 0.466 e. The van der Waals surface area contributed by atoms with Gasteiger partial charge >= 0.3 is 5.97 Å². The maximum absolute atomic E-state index is 14.1. The second-order valence-electron chi connectivity index (χ2n) is 8.63. The van der Waals surface area contributed by atoms with E-state index in [9.17, 15) is 19.5 Å². The number of rotatable bonds is 9. The fraction of sp³-hybridized carbons (Fsp3) is 0.542. The van der Waals surface area contributed by atoms with Gasteiger partial charge in [-0.05, 0) is 50.5 Å². The van der Waals surface area contributed by atoms with Crippen molar-refractivity contribution >= 4 is 46.8 Å². The zero-order valence-corrected chi connectivity index (χ0v) is 20.2. The maximum Gasteiger partial charge on any atom is 0.310 e. The highest BCUT2D eigenvalue weighted by atomic mass is 35.5. The van der Waals surface area contributed by atoms with Gasteiger partial charge in [-0.25, -0.2) is 0 Å². The lowest BCUT2D eigenvalue weighted by Gasteiger charge is -2.37. The van der Waals surface area contributed by atoms with Crippen molar-refractivity contribution in [2.45, 2.75) is 42.2 Å². The van der Waals surface area contributed by atoms with Crippen LogP contribution in [-0.2, 0) is 19.1 Å². The van der Waals surface area contributed by atoms with E-state index in [1.54, 1.807) is 58.8 Å². The van der Waals surface area contributed by atoms with E-state index in [1.807, 2.05) is 0 Å². The first-order chi connectivity index (χ1) is 15.9. The van der Waals surface area contributed by atoms with Gasteiger partial charge in [-0.15, -0.1) is 18.3 Å². The first-order valence-corrected chi connectivity index (χ1v) is 12.6. The molecule has 3 saturated heterocycles. The molecule has 3 fully saturated rings. The Morgan fingerprint density at radius 2 is 2.12 bits per heavy atom. The zero-order valence-electron chi connectivity index (χ0n) is 18.6. The summed E-state index contributed by atoms with van der Waals surface area (Å²) in [5.74, 6) is -1.89. The van der Waals surface area contributed by atoms with Crippen LogP contribution in [0.1, 0.15) is 26.2 Å². The molecular formula is C24H29ClN2O5S. The minimum atomic E-state index is -0.730. The summed E-state index contributed by atoms with van der Waals surface area (Å²) in [6.45, 7) is 6.25. The average molecular weight is 493 g/mol. The third kappa shape index (κ3) is 3.96. The molecule has 0 saturated carbocycles. The van der Waals surface area contributed by atoms with Crippen LogP contribution in [0.15, 0.2) is 36.9 Å². The van der Waals surface area contributed by atoms with E-state index < -0.39 is 22.6 Å². The van der Waals surface area contributed by atoms with Crippen LogP contribution in [0.3, 0.4) is 0 Å². The lowest BCUT2D eigenvalue weighted by atomic mass is 9.71. The number of likely N-dealkylation sites (tertiary alicyclic amines) is 1. The molecule has 33 heavy (non-hydrogen) atoms. The number of fused-ring (bicyclic) bond motifs is 1. The van der Waals surface area contributed by atoms with Gasteiger partial charge < -0.3 is 19.6 Å². The highest BCUT2D eigenvalue weighted by Crippen LogP contribution is 2.66. The van der Waals surface area contributed by atoms with Gasteiger partial charge in [0.2, 0.25) is 5.91 Å². The number of aliphatic hydroxyl groups excluding tert-OH is 1. The predicted molar refractivity (Wildman–Crippen MR) is 128 cm³/mol. The number of nitrogens with zero attached hydrogens (tertiary/aromatic N) is 2. The summed E-state index contributed by atoms with van der Waals surface area (Å²) >= 11 is 7.65. The molecule has 3 heterocycles. The fourth-order valence-corrected chi connectivity index (χ4v) is 7.97. The van der Waals surface area contributed by atoms with Crippen LogP contribution in [0.25, 0.3) is 0 Å². The highest BCUT2D eigenvalue weighted by Gasteiger charge is 2.74. The lowest BCUT2D eigenvalue weighted by Crippen LogP contribution is -2.55. The van der Waals surface area contributed by atoms with Crippen molar-refractivity contribution < 1.29 is 24.2 Å². The van der Waals surface area contributed by atoms with Gasteiger partial charge in [-0.2, -0.15) is 0 Å². The van der Waals surface area contributed by atoms with Gasteiger partial charge in [-0.1, -0.05) is 17.7 Å². The van der Waals surface area contributed by atoms with Gasteiger partial charge in [0, 0.05) is 35.7 Å². The number of benzene rings is 1. The summed E-state index contributed by atoms with van der Waals surface area (Å²) in [7, 11) is 0. The Bertz CT molecular complexity index is 941. The summed E-state index contributed by atoms with van der Waals surface area (Å²) in [6, 6.07) is 6.25. The third-order valence-electron chi connectivity index (χ3n) is 6.87. The van der Waals surface area contributed by atoms with E-state index in [1.165, 1.54) is 0 Å². The van der Waals surface area contributed by atoms with Crippen LogP contribution in [0.2, 0.25) is 5.02 Å². The minimum Gasteiger partial charge on any atom is -0.466 e. The number of thioether (sulfide) groups is 1. The molecule has 3 aliphatic heterocycles. The van der Waals surface area contributed by atoms with Crippen LogP contribution >= 0.6 is 23.4 Å². The Morgan fingerprint density at radius 1 is 1.39 bits per heavy atom. The number of aliphatic hydroxyl groups is 1. The maximum atomic E-state index is 14.1. The van der Waals surface area contributed by atoms with Crippen molar-refractivity contribution in [2.24, 2.45) is 11.8 Å². The first-order valence-electron chi connectivity index (χ1n) is 11.3. The molecular weight excluding hydrogens is 464 g/mol. The zero-order chi connectivity index (χ0) is 23.8. The number of anilines is 1. The Kier molecular flexibility index (Phi) is 7.07. The van der Waals surface area contributed by atoms with Crippen LogP contribution < -0.4 is 4.90 Å². The molecule has 3 aliphatic rings. The number of halogens is 1. The van der Waals surface area contributed by atoms with Crippen molar-refractivity contribution in [3.63, 3.8) is 0 Å².